The van der Waals surface area contributed by atoms with Crippen LogP contribution in [0.4, 0.5) is 4.79 Å². The number of carbonyl (C=O) groups excluding carboxylic acids is 3. The fraction of sp³-hybridized carbons (Fsp3) is 0.118. The predicted molar refractivity (Wildman–Crippen MR) is 80.0 cm³/mol. The first-order chi connectivity index (χ1) is 10.6. The van der Waals surface area contributed by atoms with E-state index in [1.54, 1.807) is 48.5 Å². The van der Waals surface area contributed by atoms with Gasteiger partial charge in [-0.3, -0.25) is 19.8 Å². The molecule has 5 nitrogen and oxygen atoms in total. The van der Waals surface area contributed by atoms with Crippen LogP contribution in [0.25, 0.3) is 0 Å². The zero-order chi connectivity index (χ0) is 15.7. The molecule has 0 unspecified atom stereocenters. The first-order valence-corrected chi connectivity index (χ1v) is 6.83. The maximum atomic E-state index is 12.9. The zero-order valence-electron chi connectivity index (χ0n) is 11.9. The van der Waals surface area contributed by atoms with Gasteiger partial charge >= 0.3 is 6.03 Å². The van der Waals surface area contributed by atoms with E-state index in [1.165, 1.54) is 7.05 Å². The number of urea groups is 1. The van der Waals surface area contributed by atoms with E-state index in [9.17, 15) is 14.4 Å². The van der Waals surface area contributed by atoms with Gasteiger partial charge in [0.1, 0.15) is 0 Å². The van der Waals surface area contributed by atoms with Gasteiger partial charge in [-0.1, -0.05) is 60.7 Å². The van der Waals surface area contributed by atoms with Gasteiger partial charge in [-0.15, -0.1) is 0 Å². The minimum atomic E-state index is -1.55. The number of hydrogen-bond donors (Lipinski definition) is 1. The van der Waals surface area contributed by atoms with Crippen LogP contribution in [0, 0.1) is 0 Å². The predicted octanol–water partition coefficient (Wildman–Crippen LogP) is 1.68. The summed E-state index contributed by atoms with van der Waals surface area (Å²) in [6.45, 7) is 0. The van der Waals surface area contributed by atoms with Gasteiger partial charge in [-0.05, 0) is 11.1 Å². The molecule has 0 atom stereocenters. The molecular formula is C17H14N2O3. The molecule has 110 valence electrons. The highest BCUT2D eigenvalue weighted by Gasteiger charge is 2.55. The van der Waals surface area contributed by atoms with Crippen molar-refractivity contribution in [2.24, 2.45) is 0 Å². The van der Waals surface area contributed by atoms with E-state index in [0.717, 1.165) is 4.90 Å². The maximum Gasteiger partial charge on any atom is 0.330 e. The third-order valence-corrected chi connectivity index (χ3v) is 3.90. The standard InChI is InChI=1S/C17H14N2O3/c1-19-15(21)17(14(20)18-16(19)22,12-8-4-2-5-9-12)13-10-6-3-7-11-13/h2-11H,1H3,(H,18,20,22). The average Bonchev–Trinajstić information content (AvgIpc) is 2.55. The summed E-state index contributed by atoms with van der Waals surface area (Å²) < 4.78 is 0. The highest BCUT2D eigenvalue weighted by atomic mass is 16.2. The summed E-state index contributed by atoms with van der Waals surface area (Å²) in [6, 6.07) is 16.8. The Morgan fingerprint density at radius 3 is 1.73 bits per heavy atom. The maximum absolute atomic E-state index is 12.9. The molecule has 2 aromatic carbocycles. The first kappa shape index (κ1) is 14.0. The van der Waals surface area contributed by atoms with E-state index >= 15 is 0 Å². The van der Waals surface area contributed by atoms with Crippen molar-refractivity contribution in [3.8, 4) is 0 Å². The summed E-state index contributed by atoms with van der Waals surface area (Å²) >= 11 is 0. The Morgan fingerprint density at radius 1 is 0.818 bits per heavy atom. The Labute approximate surface area is 127 Å². The molecule has 0 spiro atoms. The molecule has 1 saturated heterocycles. The Kier molecular flexibility index (Phi) is 3.25. The second kappa shape index (κ2) is 5.11. The molecule has 0 bridgehead atoms. The van der Waals surface area contributed by atoms with Gasteiger partial charge in [-0.25, -0.2) is 4.79 Å². The lowest BCUT2D eigenvalue weighted by molar-refractivity contribution is -0.142. The fourth-order valence-electron chi connectivity index (χ4n) is 2.77. The van der Waals surface area contributed by atoms with Crippen molar-refractivity contribution in [3.05, 3.63) is 71.8 Å². The smallest absolute Gasteiger partial charge is 0.276 e. The minimum Gasteiger partial charge on any atom is -0.276 e. The number of nitrogens with one attached hydrogen (secondary N) is 1. The zero-order valence-corrected chi connectivity index (χ0v) is 11.9. The molecule has 2 aromatic rings. The highest BCUT2D eigenvalue weighted by molar-refractivity contribution is 6.24. The van der Waals surface area contributed by atoms with Crippen LogP contribution in [0.2, 0.25) is 0 Å². The van der Waals surface area contributed by atoms with Crippen molar-refractivity contribution in [1.29, 1.82) is 0 Å². The monoisotopic (exact) mass is 294 g/mol. The van der Waals surface area contributed by atoms with Crippen LogP contribution in [-0.4, -0.2) is 29.8 Å². The van der Waals surface area contributed by atoms with Gasteiger partial charge < -0.3 is 0 Å². The minimum absolute atomic E-state index is 0.531. The molecule has 1 aliphatic rings. The summed E-state index contributed by atoms with van der Waals surface area (Å²) in [4.78, 5) is 38.3. The summed E-state index contributed by atoms with van der Waals surface area (Å²) in [6.07, 6.45) is 0. The molecule has 4 amide bonds. The van der Waals surface area contributed by atoms with Crippen molar-refractivity contribution in [2.45, 2.75) is 5.41 Å². The number of amides is 4. The van der Waals surface area contributed by atoms with Crippen LogP contribution in [0.1, 0.15) is 11.1 Å². The van der Waals surface area contributed by atoms with E-state index in [0.29, 0.717) is 11.1 Å². The number of carbonyl (C=O) groups is 3. The van der Waals surface area contributed by atoms with Crippen LogP contribution < -0.4 is 5.32 Å². The van der Waals surface area contributed by atoms with Crippen LogP contribution in [0.3, 0.4) is 0 Å². The molecule has 0 saturated carbocycles. The van der Waals surface area contributed by atoms with Gasteiger partial charge in [-0.2, -0.15) is 0 Å². The van der Waals surface area contributed by atoms with Crippen molar-refractivity contribution in [3.63, 3.8) is 0 Å². The number of benzene rings is 2. The number of hydrogen-bond acceptors (Lipinski definition) is 3. The number of rotatable bonds is 2. The lowest BCUT2D eigenvalue weighted by Crippen LogP contribution is -2.65. The number of likely N-dealkylation sites (N-methyl/N-ethyl adjacent to an activating group) is 1. The van der Waals surface area contributed by atoms with Gasteiger partial charge in [0.2, 0.25) is 0 Å². The Balaban J connectivity index is 2.31. The van der Waals surface area contributed by atoms with Crippen molar-refractivity contribution < 1.29 is 14.4 Å². The molecule has 0 aromatic heterocycles. The lowest BCUT2D eigenvalue weighted by atomic mass is 9.71. The lowest BCUT2D eigenvalue weighted by Gasteiger charge is -2.38. The van der Waals surface area contributed by atoms with Crippen molar-refractivity contribution >= 4 is 17.8 Å². The summed E-state index contributed by atoms with van der Waals surface area (Å²) in [5.74, 6) is -1.18. The van der Waals surface area contributed by atoms with E-state index in [1.807, 2.05) is 12.1 Å². The SMILES string of the molecule is CN1C(=O)NC(=O)C(c2ccccc2)(c2ccccc2)C1=O. The molecule has 1 N–H and O–H groups in total. The second-order valence-corrected chi connectivity index (χ2v) is 5.11. The molecule has 22 heavy (non-hydrogen) atoms. The van der Waals surface area contributed by atoms with Gasteiger partial charge in [0, 0.05) is 7.05 Å². The van der Waals surface area contributed by atoms with E-state index in [2.05, 4.69) is 5.32 Å². The van der Waals surface area contributed by atoms with Crippen LogP contribution in [0.15, 0.2) is 60.7 Å². The largest absolute Gasteiger partial charge is 0.330 e. The Bertz CT molecular complexity index is 702. The van der Waals surface area contributed by atoms with Gasteiger partial charge in [0.25, 0.3) is 11.8 Å². The second-order valence-electron chi connectivity index (χ2n) is 5.11. The molecule has 1 aliphatic heterocycles. The molecule has 0 aliphatic carbocycles. The molecule has 1 heterocycles. The first-order valence-electron chi connectivity index (χ1n) is 6.83. The van der Waals surface area contributed by atoms with Gasteiger partial charge in [0.05, 0.1) is 0 Å². The topological polar surface area (TPSA) is 66.5 Å². The highest BCUT2D eigenvalue weighted by Crippen LogP contribution is 2.36. The van der Waals surface area contributed by atoms with Gasteiger partial charge in [0.15, 0.2) is 5.41 Å². The van der Waals surface area contributed by atoms with E-state index in [4.69, 9.17) is 0 Å². The third-order valence-electron chi connectivity index (χ3n) is 3.90. The van der Waals surface area contributed by atoms with Crippen molar-refractivity contribution in [1.82, 2.24) is 10.2 Å². The Hall–Kier alpha value is -2.95. The number of imide groups is 2. The van der Waals surface area contributed by atoms with Crippen LogP contribution >= 0.6 is 0 Å². The molecular weight excluding hydrogens is 280 g/mol. The van der Waals surface area contributed by atoms with Crippen molar-refractivity contribution in [2.75, 3.05) is 7.05 Å². The van der Waals surface area contributed by atoms with Crippen LogP contribution in [0.5, 0.6) is 0 Å². The summed E-state index contributed by atoms with van der Waals surface area (Å²) in [5.41, 5.74) is -0.489. The number of barbiturate groups is 1. The molecule has 5 heteroatoms. The van der Waals surface area contributed by atoms with E-state index in [-0.39, 0.29) is 0 Å². The third kappa shape index (κ3) is 1.83. The quantitative estimate of drug-likeness (QED) is 0.857. The van der Waals surface area contributed by atoms with Crippen LogP contribution in [-0.2, 0) is 15.0 Å². The molecule has 0 radical (unpaired) electrons. The normalized spacial score (nSPS) is 17.3. The number of nitrogens with zero attached hydrogens (tertiary/aromatic N) is 1. The summed E-state index contributed by atoms with van der Waals surface area (Å²) in [7, 11) is 1.37. The van der Waals surface area contributed by atoms with E-state index < -0.39 is 23.3 Å². The fourth-order valence-corrected chi connectivity index (χ4v) is 2.77. The molecule has 3 rings (SSSR count). The average molecular weight is 294 g/mol. The summed E-state index contributed by atoms with van der Waals surface area (Å²) in [5, 5.41) is 2.27. The molecule has 1 fully saturated rings. The Morgan fingerprint density at radius 2 is 1.27 bits per heavy atom.